The number of anilines is 1. The zero-order valence-electron chi connectivity index (χ0n) is 15.6. The Labute approximate surface area is 159 Å². The lowest BCUT2D eigenvalue weighted by Gasteiger charge is -2.22. The molecule has 146 valence electrons. The Balaban J connectivity index is 2.47. The number of rotatable bonds is 6. The maximum absolute atomic E-state index is 12.7. The third kappa shape index (κ3) is 6.18. The van der Waals surface area contributed by atoms with Crippen molar-refractivity contribution >= 4 is 21.7 Å². The number of aromatic hydroxyl groups is 1. The van der Waals surface area contributed by atoms with Gasteiger partial charge in [-0.3, -0.25) is 4.72 Å². The highest BCUT2D eigenvalue weighted by Crippen LogP contribution is 2.37. The van der Waals surface area contributed by atoms with E-state index in [9.17, 15) is 18.3 Å². The number of nitrogens with one attached hydrogen (secondary N) is 1. The number of sulfonamides is 1. The second kappa shape index (κ2) is 7.87. The quantitative estimate of drug-likeness (QED) is 0.577. The van der Waals surface area contributed by atoms with Crippen LogP contribution in [0.3, 0.4) is 0 Å². The molecule has 2 aromatic carbocycles. The molecular weight excluding hydrogens is 370 g/mol. The summed E-state index contributed by atoms with van der Waals surface area (Å²) in [5.74, 6) is -1.13. The number of ether oxygens (including phenoxy) is 2. The van der Waals surface area contributed by atoms with Crippen LogP contribution in [0.1, 0.15) is 36.7 Å². The number of benzene rings is 2. The van der Waals surface area contributed by atoms with E-state index < -0.39 is 27.3 Å². The lowest BCUT2D eigenvalue weighted by Crippen LogP contribution is -2.25. The van der Waals surface area contributed by atoms with Gasteiger partial charge in [-0.1, -0.05) is 30.3 Å². The summed E-state index contributed by atoms with van der Waals surface area (Å²) in [5, 5.41) is 10.1. The van der Waals surface area contributed by atoms with Crippen molar-refractivity contribution in [3.8, 4) is 11.5 Å². The number of phenols is 1. The van der Waals surface area contributed by atoms with Crippen molar-refractivity contribution in [2.75, 3.05) is 11.0 Å². The zero-order chi connectivity index (χ0) is 20.2. The van der Waals surface area contributed by atoms with Gasteiger partial charge < -0.3 is 14.6 Å². The van der Waals surface area contributed by atoms with E-state index in [-0.39, 0.29) is 23.6 Å². The van der Waals surface area contributed by atoms with Gasteiger partial charge in [0.05, 0.1) is 6.26 Å². The Morgan fingerprint density at radius 3 is 2.30 bits per heavy atom. The van der Waals surface area contributed by atoms with Crippen LogP contribution in [0, 0.1) is 0 Å². The minimum atomic E-state index is -3.76. The van der Waals surface area contributed by atoms with Crippen LogP contribution in [0.2, 0.25) is 0 Å². The Morgan fingerprint density at radius 1 is 1.11 bits per heavy atom. The molecule has 0 heterocycles. The molecule has 0 amide bonds. The molecule has 0 aromatic heterocycles. The number of carbonyl (C=O) groups excluding carboxylic acids is 1. The van der Waals surface area contributed by atoms with Crippen molar-refractivity contribution < 1.29 is 27.8 Å². The second-order valence-electron chi connectivity index (χ2n) is 6.98. The minimum Gasteiger partial charge on any atom is -0.506 e. The smallest absolute Gasteiger partial charge is 0.344 e. The number of carbonyl (C=O) groups is 1. The molecule has 8 heteroatoms. The molecule has 2 N–H and O–H groups in total. The van der Waals surface area contributed by atoms with E-state index >= 15 is 0 Å². The van der Waals surface area contributed by atoms with Gasteiger partial charge in [0.1, 0.15) is 35.0 Å². The number of hydrogen-bond donors (Lipinski definition) is 2. The van der Waals surface area contributed by atoms with Crippen molar-refractivity contribution in [3.05, 3.63) is 53.6 Å². The summed E-state index contributed by atoms with van der Waals surface area (Å²) in [6, 6.07) is 11.9. The Bertz CT molecular complexity index is 917. The minimum absolute atomic E-state index is 0.0945. The molecule has 0 aliphatic rings. The fourth-order valence-corrected chi connectivity index (χ4v) is 2.83. The first-order valence-electron chi connectivity index (χ1n) is 8.20. The van der Waals surface area contributed by atoms with E-state index in [2.05, 4.69) is 4.72 Å². The first-order valence-corrected chi connectivity index (χ1v) is 10.1. The van der Waals surface area contributed by atoms with Gasteiger partial charge in [0.2, 0.25) is 10.0 Å². The SMILES string of the molecule is CC(C)(C)OC(=O)c1c(OCc2ccccc2)ccc(O)c1NS(C)(=O)=O. The highest BCUT2D eigenvalue weighted by atomic mass is 32.2. The average Bonchev–Trinajstić information content (AvgIpc) is 2.53. The van der Waals surface area contributed by atoms with Crippen LogP contribution in [-0.4, -0.2) is 31.4 Å². The molecule has 2 rings (SSSR count). The topological polar surface area (TPSA) is 102 Å². The van der Waals surface area contributed by atoms with Crippen molar-refractivity contribution in [3.63, 3.8) is 0 Å². The van der Waals surface area contributed by atoms with Crippen molar-refractivity contribution in [2.24, 2.45) is 0 Å². The fraction of sp³-hybridized carbons (Fsp3) is 0.316. The first kappa shape index (κ1) is 20.6. The molecule has 0 radical (unpaired) electrons. The van der Waals surface area contributed by atoms with Crippen molar-refractivity contribution in [2.45, 2.75) is 33.0 Å². The highest BCUT2D eigenvalue weighted by molar-refractivity contribution is 7.92. The number of hydrogen-bond acceptors (Lipinski definition) is 6. The Morgan fingerprint density at radius 2 is 1.74 bits per heavy atom. The summed E-state index contributed by atoms with van der Waals surface area (Å²) in [5.41, 5.74) is -0.427. The summed E-state index contributed by atoms with van der Waals surface area (Å²) in [4.78, 5) is 12.7. The molecule has 0 unspecified atom stereocenters. The van der Waals surface area contributed by atoms with E-state index in [0.717, 1.165) is 11.8 Å². The molecule has 7 nitrogen and oxygen atoms in total. The monoisotopic (exact) mass is 393 g/mol. The van der Waals surface area contributed by atoms with Gasteiger partial charge in [0.15, 0.2) is 0 Å². The maximum atomic E-state index is 12.7. The predicted octanol–water partition coefficient (Wildman–Crippen LogP) is 3.30. The molecule has 0 saturated heterocycles. The van der Waals surface area contributed by atoms with Gasteiger partial charge >= 0.3 is 5.97 Å². The molecule has 2 aromatic rings. The molecular formula is C19H23NO6S. The molecule has 0 spiro atoms. The van der Waals surface area contributed by atoms with Crippen molar-refractivity contribution in [1.29, 1.82) is 0 Å². The molecule has 0 saturated carbocycles. The maximum Gasteiger partial charge on any atom is 0.344 e. The molecule has 0 aliphatic heterocycles. The number of esters is 1. The van der Waals surface area contributed by atoms with E-state index in [1.807, 2.05) is 30.3 Å². The first-order chi connectivity index (χ1) is 12.5. The van der Waals surface area contributed by atoms with Gasteiger partial charge in [0, 0.05) is 0 Å². The van der Waals surface area contributed by atoms with E-state index in [1.165, 1.54) is 12.1 Å². The molecule has 0 aliphatic carbocycles. The molecule has 0 bridgehead atoms. The van der Waals surface area contributed by atoms with E-state index in [4.69, 9.17) is 9.47 Å². The summed E-state index contributed by atoms with van der Waals surface area (Å²) in [7, 11) is -3.76. The normalized spacial score (nSPS) is 11.7. The largest absolute Gasteiger partial charge is 0.506 e. The van der Waals surface area contributed by atoms with Gasteiger partial charge in [-0.25, -0.2) is 13.2 Å². The zero-order valence-corrected chi connectivity index (χ0v) is 16.5. The molecule has 0 atom stereocenters. The van der Waals surface area contributed by atoms with E-state index in [0.29, 0.717) is 0 Å². The van der Waals surface area contributed by atoms with Gasteiger partial charge in [-0.2, -0.15) is 0 Å². The van der Waals surface area contributed by atoms with Crippen molar-refractivity contribution in [1.82, 2.24) is 0 Å². The molecule has 27 heavy (non-hydrogen) atoms. The summed E-state index contributed by atoms with van der Waals surface area (Å²) < 4.78 is 36.6. The van der Waals surface area contributed by atoms with Crippen LogP contribution in [0.4, 0.5) is 5.69 Å². The highest BCUT2D eigenvalue weighted by Gasteiger charge is 2.27. The lowest BCUT2D eigenvalue weighted by atomic mass is 10.1. The Kier molecular flexibility index (Phi) is 6.00. The third-order valence-corrected chi connectivity index (χ3v) is 3.85. The molecule has 0 fully saturated rings. The summed E-state index contributed by atoms with van der Waals surface area (Å²) in [6.07, 6.45) is 0.919. The number of phenolic OH excluding ortho intramolecular Hbond substituents is 1. The predicted molar refractivity (Wildman–Crippen MR) is 103 cm³/mol. The lowest BCUT2D eigenvalue weighted by molar-refractivity contribution is 0.00664. The third-order valence-electron chi connectivity index (χ3n) is 3.27. The van der Waals surface area contributed by atoms with Crippen LogP contribution in [0.25, 0.3) is 0 Å². The average molecular weight is 393 g/mol. The second-order valence-corrected chi connectivity index (χ2v) is 8.73. The Hall–Kier alpha value is -2.74. The van der Waals surface area contributed by atoms with E-state index in [1.54, 1.807) is 20.8 Å². The van der Waals surface area contributed by atoms with Crippen LogP contribution in [0.15, 0.2) is 42.5 Å². The van der Waals surface area contributed by atoms with Gasteiger partial charge in [-0.15, -0.1) is 0 Å². The summed E-state index contributed by atoms with van der Waals surface area (Å²) in [6.45, 7) is 5.20. The van der Waals surface area contributed by atoms with Crippen LogP contribution in [-0.2, 0) is 21.4 Å². The fourth-order valence-electron chi connectivity index (χ4n) is 2.25. The van der Waals surface area contributed by atoms with Crippen LogP contribution in [0.5, 0.6) is 11.5 Å². The van der Waals surface area contributed by atoms with Crippen LogP contribution >= 0.6 is 0 Å². The van der Waals surface area contributed by atoms with Gasteiger partial charge in [-0.05, 0) is 38.5 Å². The summed E-state index contributed by atoms with van der Waals surface area (Å²) >= 11 is 0. The standard InChI is InChI=1S/C19H23NO6S/c1-19(2,3)26-18(22)16-15(25-12-13-8-6-5-7-9-13)11-10-14(21)17(16)20-27(4,23)24/h5-11,20-21H,12H2,1-4H3. The van der Waals surface area contributed by atoms with Crippen LogP contribution < -0.4 is 9.46 Å². The van der Waals surface area contributed by atoms with Gasteiger partial charge in [0.25, 0.3) is 0 Å².